The van der Waals surface area contributed by atoms with Gasteiger partial charge in [-0.15, -0.1) is 37.2 Å². The van der Waals surface area contributed by atoms with Crippen molar-refractivity contribution in [3.8, 4) is 5.75 Å². The lowest BCUT2D eigenvalue weighted by Gasteiger charge is -2.13. The third kappa shape index (κ3) is 8.37. The monoisotopic (exact) mass is 434 g/mol. The maximum absolute atomic E-state index is 8.08. The smallest absolute Gasteiger partial charge is 0.125 e. The molecule has 0 amide bonds. The van der Waals surface area contributed by atoms with E-state index in [4.69, 9.17) is 21.6 Å². The molecule has 0 radical (unpaired) electrons. The average Bonchev–Trinajstić information content (AvgIpc) is 2.64. The van der Waals surface area contributed by atoms with Gasteiger partial charge < -0.3 is 21.5 Å². The van der Waals surface area contributed by atoms with Crippen LogP contribution in [0.2, 0.25) is 0 Å². The van der Waals surface area contributed by atoms with Gasteiger partial charge in [-0.05, 0) is 47.7 Å². The van der Waals surface area contributed by atoms with Crippen LogP contribution in [-0.4, -0.2) is 26.0 Å². The Hall–Kier alpha value is -1.50. The summed E-state index contributed by atoms with van der Waals surface area (Å²) in [5.74, 6) is 1.24. The van der Waals surface area contributed by atoms with Gasteiger partial charge in [0.1, 0.15) is 11.6 Å². The van der Waals surface area contributed by atoms with Crippen LogP contribution in [0.1, 0.15) is 22.3 Å². The number of hydrogen-bond acceptors (Lipinski definition) is 4. The Morgan fingerprint density at radius 3 is 2.15 bits per heavy atom. The minimum atomic E-state index is 0. The van der Waals surface area contributed by atoms with Crippen molar-refractivity contribution in [2.45, 2.75) is 19.4 Å². The van der Waals surface area contributed by atoms with E-state index in [0.29, 0.717) is 25.5 Å². The van der Waals surface area contributed by atoms with Gasteiger partial charge in [0.2, 0.25) is 0 Å². The Morgan fingerprint density at radius 2 is 1.59 bits per heavy atom. The molecule has 6 N–H and O–H groups in total. The third-order valence-corrected chi connectivity index (χ3v) is 3.96. The van der Waals surface area contributed by atoms with E-state index >= 15 is 0 Å². The summed E-state index contributed by atoms with van der Waals surface area (Å²) in [6.45, 7) is 1.66. The van der Waals surface area contributed by atoms with Crippen molar-refractivity contribution in [1.29, 1.82) is 5.41 Å². The summed E-state index contributed by atoms with van der Waals surface area (Å²) in [6.07, 6.45) is 1.76. The molecule has 2 aromatic carbocycles. The van der Waals surface area contributed by atoms with E-state index in [9.17, 15) is 0 Å². The molecule has 0 saturated carbocycles. The van der Waals surface area contributed by atoms with Crippen LogP contribution in [0.4, 0.5) is 0 Å². The first-order valence-corrected chi connectivity index (χ1v) is 8.15. The molecular weight excluding hydrogens is 407 g/mol. The number of rotatable bonds is 8. The SMILES string of the molecule is COc1ccc(C(=N)NCCN)cc1CCc1ccc(CN)cc1.Cl.Cl.Cl. The number of ether oxygens (including phenoxy) is 1. The molecule has 152 valence electrons. The highest BCUT2D eigenvalue weighted by Crippen LogP contribution is 2.22. The lowest BCUT2D eigenvalue weighted by atomic mass is 10.0. The van der Waals surface area contributed by atoms with Gasteiger partial charge in [0, 0.05) is 25.2 Å². The van der Waals surface area contributed by atoms with Gasteiger partial charge in [-0.1, -0.05) is 24.3 Å². The van der Waals surface area contributed by atoms with Gasteiger partial charge in [-0.3, -0.25) is 5.41 Å². The lowest BCUT2D eigenvalue weighted by molar-refractivity contribution is 0.409. The first-order chi connectivity index (χ1) is 11.7. The van der Waals surface area contributed by atoms with Crippen LogP contribution in [0, 0.1) is 5.41 Å². The van der Waals surface area contributed by atoms with Crippen LogP contribution in [0.15, 0.2) is 42.5 Å². The van der Waals surface area contributed by atoms with Crippen molar-refractivity contribution in [2.24, 2.45) is 11.5 Å². The van der Waals surface area contributed by atoms with E-state index in [1.165, 1.54) is 5.56 Å². The zero-order chi connectivity index (χ0) is 17.4. The zero-order valence-electron chi connectivity index (χ0n) is 15.4. The topological polar surface area (TPSA) is 97.1 Å². The second-order valence-corrected chi connectivity index (χ2v) is 5.64. The number of halogens is 3. The highest BCUT2D eigenvalue weighted by Gasteiger charge is 2.08. The van der Waals surface area contributed by atoms with Crippen molar-refractivity contribution >= 4 is 43.1 Å². The second-order valence-electron chi connectivity index (χ2n) is 5.64. The minimum Gasteiger partial charge on any atom is -0.496 e. The van der Waals surface area contributed by atoms with E-state index in [2.05, 4.69) is 29.6 Å². The number of amidine groups is 1. The molecule has 27 heavy (non-hydrogen) atoms. The summed E-state index contributed by atoms with van der Waals surface area (Å²) in [5, 5.41) is 11.1. The number of hydrogen-bond donors (Lipinski definition) is 4. The van der Waals surface area contributed by atoms with Crippen LogP contribution >= 0.6 is 37.2 Å². The number of nitrogens with one attached hydrogen (secondary N) is 2. The van der Waals surface area contributed by atoms with E-state index < -0.39 is 0 Å². The van der Waals surface area contributed by atoms with Gasteiger partial charge in [-0.25, -0.2) is 0 Å². The lowest BCUT2D eigenvalue weighted by Crippen LogP contribution is -2.29. The fourth-order valence-corrected chi connectivity index (χ4v) is 2.55. The quantitative estimate of drug-likeness (QED) is 0.378. The van der Waals surface area contributed by atoms with Gasteiger partial charge in [0.05, 0.1) is 7.11 Å². The number of aryl methyl sites for hydroxylation is 2. The zero-order valence-corrected chi connectivity index (χ0v) is 17.8. The Labute approximate surface area is 180 Å². The Bertz CT molecular complexity index is 681. The molecule has 0 aliphatic carbocycles. The van der Waals surface area contributed by atoms with E-state index in [1.807, 2.05) is 18.2 Å². The predicted molar refractivity (Wildman–Crippen MR) is 120 cm³/mol. The number of nitrogens with two attached hydrogens (primary N) is 2. The molecule has 0 aliphatic heterocycles. The second kappa shape index (κ2) is 14.5. The first kappa shape index (κ1) is 27.7. The van der Waals surface area contributed by atoms with Gasteiger partial charge in [0.15, 0.2) is 0 Å². The van der Waals surface area contributed by atoms with Crippen molar-refractivity contribution in [3.63, 3.8) is 0 Å². The van der Waals surface area contributed by atoms with Crippen LogP contribution in [-0.2, 0) is 19.4 Å². The molecule has 0 aromatic heterocycles. The summed E-state index contributed by atoms with van der Waals surface area (Å²) in [5.41, 5.74) is 15.4. The molecule has 0 aliphatic rings. The summed E-state index contributed by atoms with van der Waals surface area (Å²) in [7, 11) is 1.67. The minimum absolute atomic E-state index is 0. The maximum Gasteiger partial charge on any atom is 0.125 e. The standard InChI is InChI=1S/C19H26N4O.3ClH/c1-24-18-9-8-17(19(22)23-11-10-20)12-16(18)7-6-14-2-4-15(13-21)5-3-14;;;/h2-5,8-9,12H,6-7,10-11,13,20-21H2,1H3,(H2,22,23);3*1H. The Balaban J connectivity index is 0. The molecule has 0 unspecified atom stereocenters. The van der Waals surface area contributed by atoms with Gasteiger partial charge in [-0.2, -0.15) is 0 Å². The molecule has 0 saturated heterocycles. The van der Waals surface area contributed by atoms with E-state index in [-0.39, 0.29) is 37.2 Å². The molecular formula is C19H29Cl3N4O. The third-order valence-electron chi connectivity index (χ3n) is 3.96. The molecule has 0 fully saturated rings. The predicted octanol–water partition coefficient (Wildman–Crippen LogP) is 3.08. The van der Waals surface area contributed by atoms with E-state index in [1.54, 1.807) is 7.11 Å². The van der Waals surface area contributed by atoms with Crippen LogP contribution in [0.5, 0.6) is 5.75 Å². The fourth-order valence-electron chi connectivity index (χ4n) is 2.55. The van der Waals surface area contributed by atoms with Crippen LogP contribution < -0.4 is 21.5 Å². The maximum atomic E-state index is 8.08. The largest absolute Gasteiger partial charge is 0.496 e. The highest BCUT2D eigenvalue weighted by molar-refractivity contribution is 5.96. The molecule has 0 bridgehead atoms. The first-order valence-electron chi connectivity index (χ1n) is 8.15. The molecule has 5 nitrogen and oxygen atoms in total. The fraction of sp³-hybridized carbons (Fsp3) is 0.316. The van der Waals surface area contributed by atoms with E-state index in [0.717, 1.165) is 35.3 Å². The summed E-state index contributed by atoms with van der Waals surface area (Å²) >= 11 is 0. The average molecular weight is 436 g/mol. The molecule has 0 heterocycles. The van der Waals surface area contributed by atoms with Crippen LogP contribution in [0.3, 0.4) is 0 Å². The summed E-state index contributed by atoms with van der Waals surface area (Å²) in [6, 6.07) is 14.2. The summed E-state index contributed by atoms with van der Waals surface area (Å²) in [4.78, 5) is 0. The molecule has 2 rings (SSSR count). The summed E-state index contributed by atoms with van der Waals surface area (Å²) < 4.78 is 5.46. The molecule has 8 heteroatoms. The van der Waals surface area contributed by atoms with Crippen molar-refractivity contribution in [3.05, 3.63) is 64.7 Å². The molecule has 2 aromatic rings. The highest BCUT2D eigenvalue weighted by atomic mass is 35.5. The van der Waals surface area contributed by atoms with Crippen molar-refractivity contribution < 1.29 is 4.74 Å². The Kier molecular flexibility index (Phi) is 14.9. The Morgan fingerprint density at radius 1 is 0.963 bits per heavy atom. The van der Waals surface area contributed by atoms with Crippen molar-refractivity contribution in [2.75, 3.05) is 20.2 Å². The van der Waals surface area contributed by atoms with Crippen molar-refractivity contribution in [1.82, 2.24) is 5.32 Å². The van der Waals surface area contributed by atoms with Gasteiger partial charge >= 0.3 is 0 Å². The van der Waals surface area contributed by atoms with Crippen LogP contribution in [0.25, 0.3) is 0 Å². The normalized spacial score (nSPS) is 9.30. The molecule has 0 spiro atoms. The van der Waals surface area contributed by atoms with Gasteiger partial charge in [0.25, 0.3) is 0 Å². The molecule has 0 atom stereocenters. The number of benzene rings is 2. The number of methoxy groups -OCH3 is 1.